The lowest BCUT2D eigenvalue weighted by atomic mass is 10.0. The molecule has 0 amide bonds. The van der Waals surface area contributed by atoms with E-state index in [1.165, 1.54) is 0 Å². The van der Waals surface area contributed by atoms with Gasteiger partial charge in [0.15, 0.2) is 0 Å². The summed E-state index contributed by atoms with van der Waals surface area (Å²) in [6.45, 7) is 1.97. The highest BCUT2D eigenvalue weighted by atomic mass is 35.5. The van der Waals surface area contributed by atoms with Crippen LogP contribution in [0.25, 0.3) is 11.1 Å². The van der Waals surface area contributed by atoms with Gasteiger partial charge in [0.25, 0.3) is 0 Å². The van der Waals surface area contributed by atoms with Gasteiger partial charge in [-0.25, -0.2) is 0 Å². The summed E-state index contributed by atoms with van der Waals surface area (Å²) in [5.41, 5.74) is 8.84. The van der Waals surface area contributed by atoms with Crippen LogP contribution in [0.1, 0.15) is 12.6 Å². The number of benzene rings is 1. The van der Waals surface area contributed by atoms with E-state index in [9.17, 15) is 0 Å². The molecule has 2 rings (SSSR count). The number of halogens is 1. The lowest BCUT2D eigenvalue weighted by molar-refractivity contribution is 0.720. The Labute approximate surface area is 99.6 Å². The molecule has 1 atom stereocenters. The SMILES string of the molecule is CC(N)Cc1[nH]ncc1-c1ccccc1Cl. The van der Waals surface area contributed by atoms with Crippen LogP contribution in [-0.2, 0) is 6.42 Å². The first-order valence-electron chi connectivity index (χ1n) is 5.21. The molecule has 0 aliphatic heterocycles. The third-order valence-electron chi connectivity index (χ3n) is 2.41. The summed E-state index contributed by atoms with van der Waals surface area (Å²) in [7, 11) is 0. The van der Waals surface area contributed by atoms with Gasteiger partial charge in [-0.15, -0.1) is 0 Å². The van der Waals surface area contributed by atoms with Crippen molar-refractivity contribution in [2.75, 3.05) is 0 Å². The summed E-state index contributed by atoms with van der Waals surface area (Å²) in [5.74, 6) is 0. The minimum absolute atomic E-state index is 0.0988. The minimum atomic E-state index is 0.0988. The van der Waals surface area contributed by atoms with Crippen molar-refractivity contribution >= 4 is 11.6 Å². The maximum atomic E-state index is 6.15. The molecule has 0 fully saturated rings. The molecule has 0 aliphatic rings. The molecule has 2 aromatic rings. The summed E-state index contributed by atoms with van der Waals surface area (Å²) >= 11 is 6.15. The summed E-state index contributed by atoms with van der Waals surface area (Å²) in [4.78, 5) is 0. The van der Waals surface area contributed by atoms with E-state index in [-0.39, 0.29) is 6.04 Å². The fourth-order valence-corrected chi connectivity index (χ4v) is 1.94. The molecule has 16 heavy (non-hydrogen) atoms. The highest BCUT2D eigenvalue weighted by Crippen LogP contribution is 2.29. The van der Waals surface area contributed by atoms with Crippen molar-refractivity contribution in [3.8, 4) is 11.1 Å². The van der Waals surface area contributed by atoms with Gasteiger partial charge in [0.1, 0.15) is 0 Å². The number of nitrogens with two attached hydrogens (primary N) is 1. The van der Waals surface area contributed by atoms with E-state index in [2.05, 4.69) is 10.2 Å². The molecule has 1 aromatic carbocycles. The molecule has 0 saturated heterocycles. The van der Waals surface area contributed by atoms with Crippen molar-refractivity contribution in [3.05, 3.63) is 41.2 Å². The van der Waals surface area contributed by atoms with Crippen LogP contribution in [0.15, 0.2) is 30.5 Å². The van der Waals surface area contributed by atoms with E-state index in [1.807, 2.05) is 31.2 Å². The average molecular weight is 236 g/mol. The predicted octanol–water partition coefficient (Wildman–Crippen LogP) is 2.62. The fourth-order valence-electron chi connectivity index (χ4n) is 1.70. The van der Waals surface area contributed by atoms with Crippen molar-refractivity contribution in [1.29, 1.82) is 0 Å². The van der Waals surface area contributed by atoms with Crippen LogP contribution in [0, 0.1) is 0 Å². The van der Waals surface area contributed by atoms with E-state index in [0.717, 1.165) is 28.3 Å². The number of rotatable bonds is 3. The van der Waals surface area contributed by atoms with Gasteiger partial charge in [-0.2, -0.15) is 5.10 Å². The Morgan fingerprint density at radius 1 is 1.38 bits per heavy atom. The Kier molecular flexibility index (Phi) is 3.27. The van der Waals surface area contributed by atoms with E-state index in [1.54, 1.807) is 6.20 Å². The Hall–Kier alpha value is -1.32. The molecule has 0 spiro atoms. The standard InChI is InChI=1S/C12H14ClN3/c1-8(14)6-12-10(7-15-16-12)9-4-2-3-5-11(9)13/h2-5,7-8H,6,14H2,1H3,(H,15,16). The number of nitrogens with zero attached hydrogens (tertiary/aromatic N) is 1. The molecule has 1 heterocycles. The van der Waals surface area contributed by atoms with Crippen LogP contribution in [0.3, 0.4) is 0 Å². The van der Waals surface area contributed by atoms with Crippen LogP contribution in [-0.4, -0.2) is 16.2 Å². The smallest absolute Gasteiger partial charge is 0.0569 e. The molecule has 1 unspecified atom stereocenters. The molecule has 1 aromatic heterocycles. The molecule has 0 saturated carbocycles. The largest absolute Gasteiger partial charge is 0.328 e. The van der Waals surface area contributed by atoms with Gasteiger partial charge in [-0.3, -0.25) is 5.10 Å². The van der Waals surface area contributed by atoms with Gasteiger partial charge >= 0.3 is 0 Å². The van der Waals surface area contributed by atoms with Gasteiger partial charge in [0, 0.05) is 34.3 Å². The van der Waals surface area contributed by atoms with Crippen LogP contribution in [0.2, 0.25) is 5.02 Å². The molecule has 0 radical (unpaired) electrons. The number of H-pyrrole nitrogens is 1. The van der Waals surface area contributed by atoms with Crippen LogP contribution < -0.4 is 5.73 Å². The number of hydrogen-bond acceptors (Lipinski definition) is 2. The first kappa shape index (κ1) is 11.2. The molecular weight excluding hydrogens is 222 g/mol. The highest BCUT2D eigenvalue weighted by molar-refractivity contribution is 6.33. The monoisotopic (exact) mass is 235 g/mol. The van der Waals surface area contributed by atoms with Crippen molar-refractivity contribution in [2.45, 2.75) is 19.4 Å². The number of aromatic amines is 1. The Balaban J connectivity index is 2.41. The Morgan fingerprint density at radius 2 is 2.12 bits per heavy atom. The third-order valence-corrected chi connectivity index (χ3v) is 2.74. The van der Waals surface area contributed by atoms with Crippen molar-refractivity contribution in [2.24, 2.45) is 5.73 Å². The van der Waals surface area contributed by atoms with Crippen LogP contribution in [0.4, 0.5) is 0 Å². The van der Waals surface area contributed by atoms with E-state index < -0.39 is 0 Å². The first-order chi connectivity index (χ1) is 7.68. The van der Waals surface area contributed by atoms with Crippen molar-refractivity contribution in [3.63, 3.8) is 0 Å². The van der Waals surface area contributed by atoms with E-state index in [4.69, 9.17) is 17.3 Å². The summed E-state index contributed by atoms with van der Waals surface area (Å²) in [6.07, 6.45) is 2.56. The second-order valence-electron chi connectivity index (χ2n) is 3.92. The second kappa shape index (κ2) is 4.68. The Bertz CT molecular complexity index is 477. The van der Waals surface area contributed by atoms with Gasteiger partial charge < -0.3 is 5.73 Å². The highest BCUT2D eigenvalue weighted by Gasteiger charge is 2.11. The molecule has 0 aliphatic carbocycles. The van der Waals surface area contributed by atoms with Gasteiger partial charge in [-0.1, -0.05) is 29.8 Å². The summed E-state index contributed by atoms with van der Waals surface area (Å²) in [6, 6.07) is 7.83. The van der Waals surface area contributed by atoms with E-state index in [0.29, 0.717) is 0 Å². The van der Waals surface area contributed by atoms with Crippen LogP contribution >= 0.6 is 11.6 Å². The normalized spacial score (nSPS) is 12.7. The molecule has 0 bridgehead atoms. The molecule has 4 heteroatoms. The number of hydrogen-bond donors (Lipinski definition) is 2. The zero-order valence-corrected chi connectivity index (χ0v) is 9.83. The van der Waals surface area contributed by atoms with E-state index >= 15 is 0 Å². The molecule has 3 nitrogen and oxygen atoms in total. The quantitative estimate of drug-likeness (QED) is 0.859. The van der Waals surface area contributed by atoms with Crippen molar-refractivity contribution in [1.82, 2.24) is 10.2 Å². The maximum absolute atomic E-state index is 6.15. The fraction of sp³-hybridized carbons (Fsp3) is 0.250. The minimum Gasteiger partial charge on any atom is -0.328 e. The van der Waals surface area contributed by atoms with Gasteiger partial charge in [0.2, 0.25) is 0 Å². The number of aromatic nitrogens is 2. The molecular formula is C12H14ClN3. The zero-order valence-electron chi connectivity index (χ0n) is 9.07. The Morgan fingerprint density at radius 3 is 2.81 bits per heavy atom. The van der Waals surface area contributed by atoms with Crippen LogP contribution in [0.5, 0.6) is 0 Å². The van der Waals surface area contributed by atoms with Gasteiger partial charge in [-0.05, 0) is 13.0 Å². The van der Waals surface area contributed by atoms with Gasteiger partial charge in [0.05, 0.1) is 6.20 Å². The summed E-state index contributed by atoms with van der Waals surface area (Å²) in [5, 5.41) is 7.76. The maximum Gasteiger partial charge on any atom is 0.0569 e. The lowest BCUT2D eigenvalue weighted by Crippen LogP contribution is -2.18. The first-order valence-corrected chi connectivity index (χ1v) is 5.59. The zero-order chi connectivity index (χ0) is 11.5. The third kappa shape index (κ3) is 2.26. The summed E-state index contributed by atoms with van der Waals surface area (Å²) < 4.78 is 0. The molecule has 3 N–H and O–H groups in total. The average Bonchev–Trinajstić information content (AvgIpc) is 2.66. The lowest BCUT2D eigenvalue weighted by Gasteiger charge is -2.07. The second-order valence-corrected chi connectivity index (χ2v) is 4.33. The molecule has 84 valence electrons. The topological polar surface area (TPSA) is 54.7 Å². The van der Waals surface area contributed by atoms with Crippen molar-refractivity contribution < 1.29 is 0 Å². The predicted molar refractivity (Wildman–Crippen MR) is 66.4 cm³/mol. The number of nitrogens with one attached hydrogen (secondary N) is 1.